The lowest BCUT2D eigenvalue weighted by atomic mass is 10.1. The molecule has 2 aromatic carbocycles. The van der Waals surface area contributed by atoms with E-state index in [1.54, 1.807) is 28.9 Å². The fraction of sp³-hybridized carbons (Fsp3) is 0.407. The van der Waals surface area contributed by atoms with Crippen molar-refractivity contribution in [3.8, 4) is 12.3 Å². The lowest BCUT2D eigenvalue weighted by Gasteiger charge is -2.34. The fourth-order valence-corrected chi connectivity index (χ4v) is 5.82. The van der Waals surface area contributed by atoms with Gasteiger partial charge in [-0.05, 0) is 43.5 Å². The van der Waals surface area contributed by atoms with Gasteiger partial charge in [-0.3, -0.25) is 9.59 Å². The van der Waals surface area contributed by atoms with E-state index in [0.29, 0.717) is 30.1 Å². The Labute approximate surface area is 208 Å². The van der Waals surface area contributed by atoms with Gasteiger partial charge in [0, 0.05) is 45.6 Å². The van der Waals surface area contributed by atoms with Crippen LogP contribution in [0.25, 0.3) is 0 Å². The van der Waals surface area contributed by atoms with E-state index < -0.39 is 10.0 Å². The minimum atomic E-state index is -3.62. The summed E-state index contributed by atoms with van der Waals surface area (Å²) in [7, 11) is -3.62. The molecule has 3 rings (SSSR count). The van der Waals surface area contributed by atoms with E-state index in [9.17, 15) is 18.0 Å². The number of sulfonamides is 1. The van der Waals surface area contributed by atoms with E-state index in [2.05, 4.69) is 5.92 Å². The largest absolute Gasteiger partial charge is 0.340 e. The van der Waals surface area contributed by atoms with Crippen molar-refractivity contribution in [1.82, 2.24) is 14.1 Å². The number of rotatable bonds is 8. The molecule has 0 bridgehead atoms. The number of hydrogen-bond donors (Lipinski definition) is 0. The van der Waals surface area contributed by atoms with Crippen LogP contribution in [0.15, 0.2) is 47.4 Å². The van der Waals surface area contributed by atoms with E-state index in [4.69, 9.17) is 6.42 Å². The van der Waals surface area contributed by atoms with Crippen molar-refractivity contribution in [2.45, 2.75) is 45.1 Å². The van der Waals surface area contributed by atoms with Crippen molar-refractivity contribution < 1.29 is 18.0 Å². The highest BCUT2D eigenvalue weighted by Gasteiger charge is 2.31. The average Bonchev–Trinajstić information content (AvgIpc) is 2.84. The number of amides is 2. The zero-order chi connectivity index (χ0) is 25.6. The fourth-order valence-electron chi connectivity index (χ4n) is 4.09. The smallest absolute Gasteiger partial charge is 0.243 e. The molecule has 1 heterocycles. The zero-order valence-corrected chi connectivity index (χ0v) is 21.5. The van der Waals surface area contributed by atoms with Crippen LogP contribution in [-0.2, 0) is 26.2 Å². The van der Waals surface area contributed by atoms with Crippen LogP contribution in [0.4, 0.5) is 0 Å². The monoisotopic (exact) mass is 495 g/mol. The van der Waals surface area contributed by atoms with Crippen LogP contribution in [0, 0.1) is 33.1 Å². The van der Waals surface area contributed by atoms with Gasteiger partial charge in [-0.15, -0.1) is 6.42 Å². The zero-order valence-electron chi connectivity index (χ0n) is 20.7. The predicted molar refractivity (Wildman–Crippen MR) is 136 cm³/mol. The first-order valence-corrected chi connectivity index (χ1v) is 13.2. The number of aryl methyl sites for hydroxylation is 3. The highest BCUT2D eigenvalue weighted by atomic mass is 32.2. The van der Waals surface area contributed by atoms with Crippen molar-refractivity contribution in [3.63, 3.8) is 0 Å². The Bertz CT molecular complexity index is 1210. The summed E-state index contributed by atoms with van der Waals surface area (Å²) in [5.41, 5.74) is 3.70. The standard InChI is InChI=1S/C27H33N3O4S/c1-5-14-29(20-24-10-7-21(2)8-11-24)27(32)13-12-26(31)28-15-17-30(18-16-28)35(33,34)25-19-22(3)6-9-23(25)4/h1,6-11,19H,12-18,20H2,2-4H3. The quantitative estimate of drug-likeness (QED) is 0.528. The summed E-state index contributed by atoms with van der Waals surface area (Å²) in [5, 5.41) is 0. The predicted octanol–water partition coefficient (Wildman–Crippen LogP) is 2.89. The lowest BCUT2D eigenvalue weighted by molar-refractivity contribution is -0.137. The molecular formula is C27H33N3O4S. The van der Waals surface area contributed by atoms with Crippen LogP contribution in [0.3, 0.4) is 0 Å². The second-order valence-corrected chi connectivity index (χ2v) is 10.9. The average molecular weight is 496 g/mol. The van der Waals surface area contributed by atoms with Crippen molar-refractivity contribution in [3.05, 3.63) is 64.7 Å². The second kappa shape index (κ2) is 11.5. The molecule has 7 nitrogen and oxygen atoms in total. The van der Waals surface area contributed by atoms with E-state index >= 15 is 0 Å². The topological polar surface area (TPSA) is 78.0 Å². The van der Waals surface area contributed by atoms with Crippen molar-refractivity contribution in [1.29, 1.82) is 0 Å². The Morgan fingerprint density at radius 1 is 0.943 bits per heavy atom. The molecule has 186 valence electrons. The summed E-state index contributed by atoms with van der Waals surface area (Å²) in [5.74, 6) is 2.19. The van der Waals surface area contributed by atoms with Crippen molar-refractivity contribution >= 4 is 21.8 Å². The molecule has 8 heteroatoms. The van der Waals surface area contributed by atoms with E-state index in [1.807, 2.05) is 44.2 Å². The van der Waals surface area contributed by atoms with Crippen molar-refractivity contribution in [2.75, 3.05) is 32.7 Å². The molecule has 2 aromatic rings. The van der Waals surface area contributed by atoms with Gasteiger partial charge in [-0.25, -0.2) is 8.42 Å². The maximum Gasteiger partial charge on any atom is 0.243 e. The maximum atomic E-state index is 13.1. The Morgan fingerprint density at radius 3 is 2.20 bits per heavy atom. The van der Waals surface area contributed by atoms with E-state index in [1.165, 1.54) is 4.31 Å². The molecule has 0 atom stereocenters. The minimum Gasteiger partial charge on any atom is -0.340 e. The summed E-state index contributed by atoms with van der Waals surface area (Å²) < 4.78 is 27.7. The molecule has 0 saturated carbocycles. The van der Waals surface area contributed by atoms with Crippen LogP contribution in [-0.4, -0.2) is 67.1 Å². The second-order valence-electron chi connectivity index (χ2n) is 8.99. The first-order chi connectivity index (χ1) is 16.6. The summed E-state index contributed by atoms with van der Waals surface area (Å²) in [6.07, 6.45) is 5.58. The Morgan fingerprint density at radius 2 is 1.57 bits per heavy atom. The number of piperazine rings is 1. The van der Waals surface area contributed by atoms with E-state index in [-0.39, 0.29) is 44.3 Å². The normalized spacial score (nSPS) is 14.4. The van der Waals surface area contributed by atoms with Gasteiger partial charge in [0.05, 0.1) is 11.4 Å². The number of nitrogens with zero attached hydrogens (tertiary/aromatic N) is 3. The molecule has 0 aromatic heterocycles. The van der Waals surface area contributed by atoms with Gasteiger partial charge < -0.3 is 9.80 Å². The van der Waals surface area contributed by atoms with Crippen LogP contribution in [0.2, 0.25) is 0 Å². The Balaban J connectivity index is 1.53. The van der Waals surface area contributed by atoms with Crippen LogP contribution < -0.4 is 0 Å². The minimum absolute atomic E-state index is 0.0629. The molecule has 1 aliphatic heterocycles. The Kier molecular flexibility index (Phi) is 8.71. The van der Waals surface area contributed by atoms with E-state index in [0.717, 1.165) is 16.7 Å². The Hall–Kier alpha value is -3.15. The molecular weight excluding hydrogens is 462 g/mol. The lowest BCUT2D eigenvalue weighted by Crippen LogP contribution is -2.50. The number of benzene rings is 2. The third-order valence-corrected chi connectivity index (χ3v) is 8.28. The number of hydrogen-bond acceptors (Lipinski definition) is 4. The molecule has 0 unspecified atom stereocenters. The van der Waals surface area contributed by atoms with Gasteiger partial charge in [0.25, 0.3) is 0 Å². The third-order valence-electron chi connectivity index (χ3n) is 6.23. The maximum absolute atomic E-state index is 13.1. The van der Waals surface area contributed by atoms with Gasteiger partial charge in [0.2, 0.25) is 21.8 Å². The number of carbonyl (C=O) groups is 2. The third kappa shape index (κ3) is 6.71. The molecule has 0 radical (unpaired) electrons. The summed E-state index contributed by atoms with van der Waals surface area (Å²) in [6, 6.07) is 13.3. The highest BCUT2D eigenvalue weighted by molar-refractivity contribution is 7.89. The summed E-state index contributed by atoms with van der Waals surface area (Å²) in [4.78, 5) is 29.0. The highest BCUT2D eigenvalue weighted by Crippen LogP contribution is 2.22. The molecule has 1 saturated heterocycles. The first-order valence-electron chi connectivity index (χ1n) is 11.7. The van der Waals surface area contributed by atoms with Gasteiger partial charge >= 0.3 is 0 Å². The molecule has 1 aliphatic rings. The molecule has 0 N–H and O–H groups in total. The molecule has 0 aliphatic carbocycles. The number of carbonyl (C=O) groups excluding carboxylic acids is 2. The van der Waals surface area contributed by atoms with Gasteiger partial charge in [0.15, 0.2) is 0 Å². The van der Waals surface area contributed by atoms with Crippen LogP contribution in [0.1, 0.15) is 35.1 Å². The molecule has 2 amide bonds. The molecule has 0 spiro atoms. The molecule has 1 fully saturated rings. The number of terminal acetylenes is 1. The van der Waals surface area contributed by atoms with Gasteiger partial charge in [-0.2, -0.15) is 4.31 Å². The van der Waals surface area contributed by atoms with Gasteiger partial charge in [0.1, 0.15) is 0 Å². The van der Waals surface area contributed by atoms with Crippen LogP contribution >= 0.6 is 0 Å². The summed E-state index contributed by atoms with van der Waals surface area (Å²) >= 11 is 0. The van der Waals surface area contributed by atoms with Gasteiger partial charge in [-0.1, -0.05) is 47.9 Å². The molecule has 35 heavy (non-hydrogen) atoms. The van der Waals surface area contributed by atoms with Crippen LogP contribution in [0.5, 0.6) is 0 Å². The summed E-state index contributed by atoms with van der Waals surface area (Å²) in [6.45, 7) is 7.27. The first kappa shape index (κ1) is 26.5. The SMILES string of the molecule is C#CCN(Cc1ccc(C)cc1)C(=O)CCC(=O)N1CCN(S(=O)(=O)c2cc(C)ccc2C)CC1. The van der Waals surface area contributed by atoms with Crippen molar-refractivity contribution in [2.24, 2.45) is 0 Å².